The van der Waals surface area contributed by atoms with E-state index in [2.05, 4.69) is 10.2 Å². The summed E-state index contributed by atoms with van der Waals surface area (Å²) >= 11 is 1.36. The van der Waals surface area contributed by atoms with Gasteiger partial charge in [0.25, 0.3) is 0 Å². The fourth-order valence-corrected chi connectivity index (χ4v) is 2.97. The van der Waals surface area contributed by atoms with Crippen LogP contribution in [0.3, 0.4) is 0 Å². The maximum Gasteiger partial charge on any atom is 0.306 e. The number of aliphatic carboxylic acids is 1. The van der Waals surface area contributed by atoms with E-state index < -0.39 is 5.97 Å². The van der Waals surface area contributed by atoms with Crippen molar-refractivity contribution in [2.75, 3.05) is 18.8 Å². The number of amides is 1. The smallest absolute Gasteiger partial charge is 0.306 e. The lowest BCUT2D eigenvalue weighted by molar-refractivity contribution is -0.145. The highest BCUT2D eigenvalue weighted by molar-refractivity contribution is 7.99. The number of carbonyl (C=O) groups is 2. The summed E-state index contributed by atoms with van der Waals surface area (Å²) in [6.45, 7) is 2.90. The summed E-state index contributed by atoms with van der Waals surface area (Å²) in [4.78, 5) is 24.7. The molecule has 0 bridgehead atoms. The van der Waals surface area contributed by atoms with Crippen LogP contribution in [-0.2, 0) is 16.6 Å². The molecule has 1 saturated heterocycles. The normalized spacial score (nSPS) is 16.4. The molecule has 20 heavy (non-hydrogen) atoms. The monoisotopic (exact) mass is 298 g/mol. The summed E-state index contributed by atoms with van der Waals surface area (Å²) in [5.41, 5.74) is 0. The molecular formula is C12H18N4O3S. The van der Waals surface area contributed by atoms with Crippen LogP contribution in [0.2, 0.25) is 0 Å². The molecule has 0 spiro atoms. The largest absolute Gasteiger partial charge is 0.481 e. The Balaban J connectivity index is 1.81. The number of piperidine rings is 1. The lowest BCUT2D eigenvalue weighted by Gasteiger charge is -2.30. The summed E-state index contributed by atoms with van der Waals surface area (Å²) in [6, 6.07) is 0. The van der Waals surface area contributed by atoms with E-state index >= 15 is 0 Å². The van der Waals surface area contributed by atoms with Crippen molar-refractivity contribution in [3.05, 3.63) is 5.82 Å². The van der Waals surface area contributed by atoms with E-state index in [1.807, 2.05) is 18.5 Å². The highest BCUT2D eigenvalue weighted by Crippen LogP contribution is 2.20. The summed E-state index contributed by atoms with van der Waals surface area (Å²) in [6.07, 6.45) is 1.07. The minimum Gasteiger partial charge on any atom is -0.481 e. The summed E-state index contributed by atoms with van der Waals surface area (Å²) in [5.74, 6) is 0.0693. The van der Waals surface area contributed by atoms with Gasteiger partial charge >= 0.3 is 5.97 Å². The maximum absolute atomic E-state index is 12.1. The lowest BCUT2D eigenvalue weighted by Crippen LogP contribution is -2.41. The van der Waals surface area contributed by atoms with Gasteiger partial charge in [-0.25, -0.2) is 0 Å². The first-order valence-electron chi connectivity index (χ1n) is 6.48. The highest BCUT2D eigenvalue weighted by atomic mass is 32.2. The molecule has 7 nitrogen and oxygen atoms in total. The molecule has 0 saturated carbocycles. The Morgan fingerprint density at radius 1 is 1.35 bits per heavy atom. The van der Waals surface area contributed by atoms with E-state index in [1.54, 1.807) is 4.90 Å². The van der Waals surface area contributed by atoms with Crippen LogP contribution in [0, 0.1) is 12.8 Å². The van der Waals surface area contributed by atoms with Crippen LogP contribution in [0.1, 0.15) is 18.7 Å². The second-order valence-electron chi connectivity index (χ2n) is 4.87. The molecule has 1 aliphatic heterocycles. The second kappa shape index (κ2) is 6.25. The van der Waals surface area contributed by atoms with Gasteiger partial charge in [0.05, 0.1) is 11.7 Å². The van der Waals surface area contributed by atoms with Gasteiger partial charge in [0.15, 0.2) is 5.16 Å². The van der Waals surface area contributed by atoms with E-state index in [1.165, 1.54) is 11.8 Å². The van der Waals surface area contributed by atoms with Gasteiger partial charge in [-0.05, 0) is 19.8 Å². The van der Waals surface area contributed by atoms with Crippen LogP contribution in [0.5, 0.6) is 0 Å². The van der Waals surface area contributed by atoms with Gasteiger partial charge < -0.3 is 14.6 Å². The number of rotatable bonds is 4. The predicted octanol–water partition coefficient (Wildman–Crippen LogP) is 0.539. The quantitative estimate of drug-likeness (QED) is 0.816. The van der Waals surface area contributed by atoms with Gasteiger partial charge in [-0.15, -0.1) is 10.2 Å². The Labute approximate surface area is 121 Å². The average molecular weight is 298 g/mol. The number of likely N-dealkylation sites (tertiary alicyclic amines) is 1. The Hall–Kier alpha value is -1.57. The molecule has 2 rings (SSSR count). The van der Waals surface area contributed by atoms with Crippen molar-refractivity contribution in [1.29, 1.82) is 0 Å². The molecule has 8 heteroatoms. The third kappa shape index (κ3) is 3.30. The number of aryl methyl sites for hydroxylation is 1. The van der Waals surface area contributed by atoms with E-state index in [9.17, 15) is 9.59 Å². The number of thioether (sulfide) groups is 1. The fraction of sp³-hybridized carbons (Fsp3) is 0.667. The van der Waals surface area contributed by atoms with E-state index in [0.29, 0.717) is 31.7 Å². The third-order valence-corrected chi connectivity index (χ3v) is 4.58. The molecule has 0 radical (unpaired) electrons. The zero-order valence-corrected chi connectivity index (χ0v) is 12.4. The SMILES string of the molecule is Cc1nnc(SCC(=O)N2CCC(C(=O)O)CC2)n1C. The van der Waals surface area contributed by atoms with Crippen LogP contribution >= 0.6 is 11.8 Å². The predicted molar refractivity (Wildman–Crippen MR) is 73.4 cm³/mol. The first kappa shape index (κ1) is 14.8. The van der Waals surface area contributed by atoms with Crippen molar-refractivity contribution in [2.24, 2.45) is 13.0 Å². The number of carboxylic acids is 1. The Morgan fingerprint density at radius 2 is 2.00 bits per heavy atom. The molecule has 0 aliphatic carbocycles. The van der Waals surface area contributed by atoms with Crippen LogP contribution in [0.15, 0.2) is 5.16 Å². The number of carboxylic acid groups (broad SMARTS) is 1. The third-order valence-electron chi connectivity index (χ3n) is 3.57. The summed E-state index contributed by atoms with van der Waals surface area (Å²) < 4.78 is 1.84. The number of hydrogen-bond acceptors (Lipinski definition) is 5. The molecule has 1 amide bonds. The maximum atomic E-state index is 12.1. The van der Waals surface area contributed by atoms with Gasteiger partial charge in [0.1, 0.15) is 5.82 Å². The zero-order chi connectivity index (χ0) is 14.7. The Bertz CT molecular complexity index is 509. The van der Waals surface area contributed by atoms with Crippen LogP contribution in [0.25, 0.3) is 0 Å². The molecule has 1 fully saturated rings. The molecule has 1 aliphatic rings. The minimum absolute atomic E-state index is 0.0273. The van der Waals surface area contributed by atoms with E-state index in [-0.39, 0.29) is 11.8 Å². The molecule has 1 aromatic heterocycles. The number of nitrogens with zero attached hydrogens (tertiary/aromatic N) is 4. The summed E-state index contributed by atoms with van der Waals surface area (Å²) in [7, 11) is 1.86. The fourth-order valence-electron chi connectivity index (χ4n) is 2.11. The number of carbonyl (C=O) groups excluding carboxylic acids is 1. The standard InChI is InChI=1S/C12H18N4O3S/c1-8-13-14-12(15(8)2)20-7-10(17)16-5-3-9(4-6-16)11(18)19/h9H,3-7H2,1-2H3,(H,18,19). The first-order chi connectivity index (χ1) is 9.49. The topological polar surface area (TPSA) is 88.3 Å². The molecule has 2 heterocycles. The average Bonchev–Trinajstić information content (AvgIpc) is 2.76. The van der Waals surface area contributed by atoms with Gasteiger partial charge in [0.2, 0.25) is 5.91 Å². The van der Waals surface area contributed by atoms with E-state index in [0.717, 1.165) is 11.0 Å². The van der Waals surface area contributed by atoms with Crippen molar-refractivity contribution in [2.45, 2.75) is 24.9 Å². The van der Waals surface area contributed by atoms with Gasteiger partial charge in [-0.1, -0.05) is 11.8 Å². The molecule has 0 unspecified atom stereocenters. The highest BCUT2D eigenvalue weighted by Gasteiger charge is 2.27. The minimum atomic E-state index is -0.763. The van der Waals surface area contributed by atoms with Crippen LogP contribution in [0.4, 0.5) is 0 Å². The molecule has 110 valence electrons. The number of aromatic nitrogens is 3. The second-order valence-corrected chi connectivity index (χ2v) is 5.81. The lowest BCUT2D eigenvalue weighted by atomic mass is 9.97. The van der Waals surface area contributed by atoms with Crippen LogP contribution < -0.4 is 0 Å². The van der Waals surface area contributed by atoms with Crippen molar-refractivity contribution in [3.63, 3.8) is 0 Å². The van der Waals surface area contributed by atoms with Gasteiger partial charge in [-0.2, -0.15) is 0 Å². The number of hydrogen-bond donors (Lipinski definition) is 1. The Kier molecular flexibility index (Phi) is 4.64. The molecule has 1 N–H and O–H groups in total. The van der Waals surface area contributed by atoms with Gasteiger partial charge in [-0.3, -0.25) is 9.59 Å². The molecule has 0 aromatic carbocycles. The molecule has 0 atom stereocenters. The van der Waals surface area contributed by atoms with Crippen molar-refractivity contribution in [3.8, 4) is 0 Å². The van der Waals surface area contributed by atoms with Crippen molar-refractivity contribution < 1.29 is 14.7 Å². The van der Waals surface area contributed by atoms with E-state index in [4.69, 9.17) is 5.11 Å². The Morgan fingerprint density at radius 3 is 2.50 bits per heavy atom. The summed E-state index contributed by atoms with van der Waals surface area (Å²) in [5, 5.41) is 17.6. The first-order valence-corrected chi connectivity index (χ1v) is 7.47. The zero-order valence-electron chi connectivity index (χ0n) is 11.6. The van der Waals surface area contributed by atoms with Crippen molar-refractivity contribution in [1.82, 2.24) is 19.7 Å². The van der Waals surface area contributed by atoms with Crippen LogP contribution in [-0.4, -0.2) is 55.5 Å². The molecule has 1 aromatic rings. The molecular weight excluding hydrogens is 280 g/mol. The van der Waals surface area contributed by atoms with Crippen molar-refractivity contribution >= 4 is 23.6 Å². The van der Waals surface area contributed by atoms with Gasteiger partial charge in [0, 0.05) is 20.1 Å².